The van der Waals surface area contributed by atoms with E-state index < -0.39 is 0 Å². The number of carbonyl (C=O) groups excluding carboxylic acids is 1. The Bertz CT molecular complexity index is 906. The lowest BCUT2D eigenvalue weighted by Gasteiger charge is -2.10. The zero-order valence-corrected chi connectivity index (χ0v) is 14.2. The maximum Gasteiger partial charge on any atom is 0.211 e. The monoisotopic (exact) mass is 338 g/mol. The molecule has 1 aromatic heterocycles. The van der Waals surface area contributed by atoms with Crippen molar-refractivity contribution in [2.75, 3.05) is 14.2 Å². The van der Waals surface area contributed by atoms with Crippen molar-refractivity contribution < 1.29 is 19.4 Å². The molecular formula is C19H18N2O4. The summed E-state index contributed by atoms with van der Waals surface area (Å²) < 4.78 is 10.2. The average Bonchev–Trinajstić information content (AvgIpc) is 3.11. The first kappa shape index (κ1) is 16.6. The van der Waals surface area contributed by atoms with Crippen molar-refractivity contribution in [3.05, 3.63) is 59.4 Å². The summed E-state index contributed by atoms with van der Waals surface area (Å²) in [7, 11) is 2.82. The lowest BCUT2D eigenvalue weighted by Crippen LogP contribution is -2.03. The number of ether oxygens (including phenoxy) is 2. The van der Waals surface area contributed by atoms with Crippen LogP contribution in [0.1, 0.15) is 21.6 Å². The van der Waals surface area contributed by atoms with Gasteiger partial charge < -0.3 is 19.6 Å². The van der Waals surface area contributed by atoms with Crippen LogP contribution in [0.25, 0.3) is 11.4 Å². The summed E-state index contributed by atoms with van der Waals surface area (Å²) >= 11 is 0. The number of H-pyrrole nitrogens is 1. The van der Waals surface area contributed by atoms with Gasteiger partial charge in [-0.05, 0) is 24.6 Å². The van der Waals surface area contributed by atoms with E-state index in [0.29, 0.717) is 17.1 Å². The number of aromatic hydroxyl groups is 1. The lowest BCUT2D eigenvalue weighted by molar-refractivity contribution is 0.103. The third-order valence-electron chi connectivity index (χ3n) is 3.96. The Kier molecular flexibility index (Phi) is 4.43. The maximum atomic E-state index is 12.8. The molecule has 0 saturated carbocycles. The Labute approximate surface area is 145 Å². The van der Waals surface area contributed by atoms with Gasteiger partial charge in [0, 0.05) is 11.1 Å². The van der Waals surface area contributed by atoms with E-state index in [1.54, 1.807) is 0 Å². The highest BCUT2D eigenvalue weighted by Crippen LogP contribution is 2.37. The Morgan fingerprint density at radius 3 is 2.36 bits per heavy atom. The summed E-state index contributed by atoms with van der Waals surface area (Å²) in [5, 5.41) is 9.97. The second-order valence-corrected chi connectivity index (χ2v) is 5.52. The number of benzene rings is 2. The van der Waals surface area contributed by atoms with E-state index in [2.05, 4.69) is 9.97 Å². The molecule has 0 spiro atoms. The van der Waals surface area contributed by atoms with Gasteiger partial charge in [-0.3, -0.25) is 4.79 Å². The van der Waals surface area contributed by atoms with E-state index in [1.165, 1.54) is 32.5 Å². The molecule has 2 N–H and O–H groups in total. The molecule has 3 aromatic rings. The molecule has 0 bridgehead atoms. The third-order valence-corrected chi connectivity index (χ3v) is 3.96. The fourth-order valence-electron chi connectivity index (χ4n) is 2.59. The van der Waals surface area contributed by atoms with Crippen LogP contribution in [0.15, 0.2) is 42.6 Å². The number of ketones is 1. The predicted molar refractivity (Wildman–Crippen MR) is 93.4 cm³/mol. The van der Waals surface area contributed by atoms with Crippen molar-refractivity contribution in [1.29, 1.82) is 0 Å². The Hall–Kier alpha value is -3.28. The molecule has 0 aliphatic heterocycles. The molecule has 0 radical (unpaired) electrons. The minimum Gasteiger partial charge on any atom is -0.502 e. The minimum absolute atomic E-state index is 0.147. The van der Waals surface area contributed by atoms with Crippen molar-refractivity contribution in [2.45, 2.75) is 6.92 Å². The quantitative estimate of drug-likeness (QED) is 0.697. The average molecular weight is 338 g/mol. The molecule has 2 aromatic carbocycles. The highest BCUT2D eigenvalue weighted by Gasteiger charge is 2.19. The second kappa shape index (κ2) is 6.68. The van der Waals surface area contributed by atoms with Crippen LogP contribution in [0.3, 0.4) is 0 Å². The minimum atomic E-state index is -0.274. The predicted octanol–water partition coefficient (Wildman–Crippen LogP) is 3.34. The topological polar surface area (TPSA) is 84.4 Å². The van der Waals surface area contributed by atoms with E-state index in [4.69, 9.17) is 9.47 Å². The van der Waals surface area contributed by atoms with Crippen molar-refractivity contribution >= 4 is 5.78 Å². The number of carbonyl (C=O) groups is 1. The highest BCUT2D eigenvalue weighted by molar-refractivity contribution is 6.08. The molecule has 0 saturated heterocycles. The summed E-state index contributed by atoms with van der Waals surface area (Å²) in [6.45, 7) is 1.98. The van der Waals surface area contributed by atoms with Crippen LogP contribution in [-0.2, 0) is 0 Å². The number of phenols is 1. The van der Waals surface area contributed by atoms with E-state index in [-0.39, 0.29) is 23.0 Å². The van der Waals surface area contributed by atoms with Gasteiger partial charge in [-0.1, -0.05) is 24.3 Å². The first-order chi connectivity index (χ1) is 12.0. The molecular weight excluding hydrogens is 320 g/mol. The largest absolute Gasteiger partial charge is 0.502 e. The van der Waals surface area contributed by atoms with E-state index in [9.17, 15) is 9.90 Å². The number of methoxy groups -OCH3 is 2. The van der Waals surface area contributed by atoms with Crippen LogP contribution >= 0.6 is 0 Å². The van der Waals surface area contributed by atoms with Gasteiger partial charge in [0.1, 0.15) is 11.5 Å². The summed E-state index contributed by atoms with van der Waals surface area (Å²) in [5.74, 6) is 0.539. The maximum absolute atomic E-state index is 12.8. The summed E-state index contributed by atoms with van der Waals surface area (Å²) in [5.41, 5.74) is 2.66. The van der Waals surface area contributed by atoms with E-state index in [1.807, 2.05) is 31.2 Å². The number of nitrogens with one attached hydrogen (secondary N) is 1. The van der Waals surface area contributed by atoms with Crippen LogP contribution in [0.4, 0.5) is 0 Å². The SMILES string of the molecule is COc1cc(C(=O)c2cnc(-c3ccccc3C)[nH]2)cc(OC)c1O. The van der Waals surface area contributed by atoms with Crippen LogP contribution in [0.5, 0.6) is 17.2 Å². The zero-order chi connectivity index (χ0) is 18.0. The molecule has 0 aliphatic carbocycles. The fourth-order valence-corrected chi connectivity index (χ4v) is 2.59. The Morgan fingerprint density at radius 2 is 1.76 bits per heavy atom. The van der Waals surface area contributed by atoms with Gasteiger partial charge in [0.15, 0.2) is 11.5 Å². The van der Waals surface area contributed by atoms with E-state index >= 15 is 0 Å². The van der Waals surface area contributed by atoms with Crippen LogP contribution in [-0.4, -0.2) is 35.1 Å². The molecule has 128 valence electrons. The summed E-state index contributed by atoms with van der Waals surface area (Å²) in [6.07, 6.45) is 1.50. The van der Waals surface area contributed by atoms with Crippen LogP contribution in [0, 0.1) is 6.92 Å². The number of hydrogen-bond donors (Lipinski definition) is 2. The lowest BCUT2D eigenvalue weighted by atomic mass is 10.1. The zero-order valence-electron chi connectivity index (χ0n) is 14.2. The number of aryl methyl sites for hydroxylation is 1. The standard InChI is InChI=1S/C19H18N2O4/c1-11-6-4-5-7-13(11)19-20-10-14(21-19)17(22)12-8-15(24-2)18(23)16(9-12)25-3/h4-10,23H,1-3H3,(H,20,21). The molecule has 0 unspecified atom stereocenters. The molecule has 0 fully saturated rings. The van der Waals surface area contributed by atoms with Crippen molar-refractivity contribution in [2.24, 2.45) is 0 Å². The van der Waals surface area contributed by atoms with Gasteiger partial charge in [0.2, 0.25) is 11.5 Å². The first-order valence-corrected chi connectivity index (χ1v) is 7.66. The van der Waals surface area contributed by atoms with Gasteiger partial charge in [-0.15, -0.1) is 0 Å². The van der Waals surface area contributed by atoms with Crippen molar-refractivity contribution in [1.82, 2.24) is 9.97 Å². The smallest absolute Gasteiger partial charge is 0.211 e. The molecule has 25 heavy (non-hydrogen) atoms. The number of aromatic nitrogens is 2. The van der Waals surface area contributed by atoms with Crippen LogP contribution < -0.4 is 9.47 Å². The third kappa shape index (κ3) is 3.06. The molecule has 0 amide bonds. The normalized spacial score (nSPS) is 10.5. The Balaban J connectivity index is 1.99. The molecule has 1 heterocycles. The summed E-state index contributed by atoms with van der Waals surface area (Å²) in [4.78, 5) is 20.1. The van der Waals surface area contributed by atoms with E-state index in [0.717, 1.165) is 11.1 Å². The van der Waals surface area contributed by atoms with Crippen LogP contribution in [0.2, 0.25) is 0 Å². The molecule has 6 nitrogen and oxygen atoms in total. The van der Waals surface area contributed by atoms with Gasteiger partial charge >= 0.3 is 0 Å². The number of imidazole rings is 1. The van der Waals surface area contributed by atoms with Gasteiger partial charge in [-0.25, -0.2) is 4.98 Å². The number of rotatable bonds is 5. The number of phenolic OH excluding ortho intramolecular Hbond substituents is 1. The summed E-state index contributed by atoms with van der Waals surface area (Å²) in [6, 6.07) is 10.7. The number of nitrogens with zero attached hydrogens (tertiary/aromatic N) is 1. The van der Waals surface area contributed by atoms with Gasteiger partial charge in [0.05, 0.1) is 20.4 Å². The number of aromatic amines is 1. The Morgan fingerprint density at radius 1 is 1.12 bits per heavy atom. The molecule has 3 rings (SSSR count). The molecule has 0 atom stereocenters. The van der Waals surface area contributed by atoms with Gasteiger partial charge in [-0.2, -0.15) is 0 Å². The van der Waals surface area contributed by atoms with Crippen molar-refractivity contribution in [3.63, 3.8) is 0 Å². The second-order valence-electron chi connectivity index (χ2n) is 5.52. The number of hydrogen-bond acceptors (Lipinski definition) is 5. The molecule has 0 aliphatic rings. The molecule has 6 heteroatoms. The van der Waals surface area contributed by atoms with Crippen molar-refractivity contribution in [3.8, 4) is 28.6 Å². The van der Waals surface area contributed by atoms with Gasteiger partial charge in [0.25, 0.3) is 0 Å². The fraction of sp³-hybridized carbons (Fsp3) is 0.158. The first-order valence-electron chi connectivity index (χ1n) is 7.66. The highest BCUT2D eigenvalue weighted by atomic mass is 16.5.